The molecular weight excluding hydrogens is 332 g/mol. The van der Waals surface area contributed by atoms with Crippen LogP contribution in [0, 0.1) is 0 Å². The van der Waals surface area contributed by atoms with Crippen LogP contribution in [0.5, 0.6) is 5.75 Å². The number of benzene rings is 1. The van der Waals surface area contributed by atoms with E-state index in [1.54, 1.807) is 0 Å². The standard InChI is InChI=1S/C23H40O.C2H4O/c1-3-5-7-9-11-13-15-19-22-21(18-16-20-23(22)24)17-14-12-10-8-6-4-2;1-2-3-1/h16,18,20,24H,3-15,17,19H2,1-2H3;1-2H2. The topological polar surface area (TPSA) is 32.8 Å². The monoisotopic (exact) mass is 376 g/mol. The second kappa shape index (κ2) is 17.1. The van der Waals surface area contributed by atoms with E-state index in [-0.39, 0.29) is 0 Å². The van der Waals surface area contributed by atoms with Gasteiger partial charge >= 0.3 is 0 Å². The molecule has 0 aliphatic carbocycles. The van der Waals surface area contributed by atoms with Crippen molar-refractivity contribution < 1.29 is 9.84 Å². The van der Waals surface area contributed by atoms with Crippen LogP contribution in [0.1, 0.15) is 108 Å². The third-order valence-corrected chi connectivity index (χ3v) is 5.28. The van der Waals surface area contributed by atoms with E-state index >= 15 is 0 Å². The summed E-state index contributed by atoms with van der Waals surface area (Å²) in [6, 6.07) is 6.10. The van der Waals surface area contributed by atoms with Crippen LogP contribution in [0.3, 0.4) is 0 Å². The Balaban J connectivity index is 0.00000110. The van der Waals surface area contributed by atoms with E-state index in [0.717, 1.165) is 26.1 Å². The zero-order valence-electron chi connectivity index (χ0n) is 18.1. The van der Waals surface area contributed by atoms with Crippen LogP contribution in [-0.2, 0) is 17.6 Å². The third kappa shape index (κ3) is 13.7. The highest BCUT2D eigenvalue weighted by Crippen LogP contribution is 2.25. The number of unbranched alkanes of at least 4 members (excludes halogenated alkanes) is 11. The van der Waals surface area contributed by atoms with Gasteiger partial charge in [0.15, 0.2) is 0 Å². The molecule has 2 nitrogen and oxygen atoms in total. The molecule has 156 valence electrons. The molecule has 0 radical (unpaired) electrons. The predicted molar refractivity (Wildman–Crippen MR) is 118 cm³/mol. The molecule has 1 aromatic carbocycles. The Hall–Kier alpha value is -1.02. The zero-order valence-corrected chi connectivity index (χ0v) is 18.1. The predicted octanol–water partition coefficient (Wildman–Crippen LogP) is 7.60. The van der Waals surface area contributed by atoms with Gasteiger partial charge in [-0.3, -0.25) is 0 Å². The Morgan fingerprint density at radius 3 is 1.70 bits per heavy atom. The Labute approximate surface area is 168 Å². The first-order chi connectivity index (χ1) is 13.3. The Morgan fingerprint density at radius 2 is 1.19 bits per heavy atom. The summed E-state index contributed by atoms with van der Waals surface area (Å²) in [5, 5.41) is 10.2. The van der Waals surface area contributed by atoms with Gasteiger partial charge in [0.2, 0.25) is 0 Å². The fraction of sp³-hybridized carbons (Fsp3) is 0.760. The van der Waals surface area contributed by atoms with Crippen molar-refractivity contribution in [3.63, 3.8) is 0 Å². The maximum absolute atomic E-state index is 10.2. The molecule has 1 aliphatic rings. The number of aromatic hydroxyl groups is 1. The Bertz CT molecular complexity index is 451. The molecule has 1 N–H and O–H groups in total. The van der Waals surface area contributed by atoms with Gasteiger partial charge in [-0.15, -0.1) is 0 Å². The summed E-state index contributed by atoms with van der Waals surface area (Å²) in [6.45, 7) is 6.53. The van der Waals surface area contributed by atoms with Gasteiger partial charge in [-0.05, 0) is 42.9 Å². The van der Waals surface area contributed by atoms with Gasteiger partial charge in [-0.25, -0.2) is 0 Å². The first kappa shape index (κ1) is 24.0. The minimum absolute atomic E-state index is 0.518. The number of hydrogen-bond acceptors (Lipinski definition) is 2. The minimum Gasteiger partial charge on any atom is -0.508 e. The van der Waals surface area contributed by atoms with Crippen molar-refractivity contribution in [1.29, 1.82) is 0 Å². The van der Waals surface area contributed by atoms with E-state index in [0.29, 0.717) is 5.75 Å². The molecule has 0 unspecified atom stereocenters. The number of rotatable bonds is 15. The maximum atomic E-state index is 10.2. The summed E-state index contributed by atoms with van der Waals surface area (Å²) < 4.78 is 4.50. The van der Waals surface area contributed by atoms with Crippen LogP contribution in [-0.4, -0.2) is 18.3 Å². The van der Waals surface area contributed by atoms with Crippen molar-refractivity contribution in [1.82, 2.24) is 0 Å². The molecule has 1 heterocycles. The number of phenols is 1. The van der Waals surface area contributed by atoms with Crippen LogP contribution in [0.4, 0.5) is 0 Å². The normalized spacial score (nSPS) is 12.5. The van der Waals surface area contributed by atoms with E-state index in [2.05, 4.69) is 24.7 Å². The molecular formula is C25H44O2. The van der Waals surface area contributed by atoms with Crippen molar-refractivity contribution in [2.75, 3.05) is 13.2 Å². The molecule has 2 heteroatoms. The summed E-state index contributed by atoms with van der Waals surface area (Å²) in [5.74, 6) is 0.518. The molecule has 0 bridgehead atoms. The summed E-state index contributed by atoms with van der Waals surface area (Å²) in [4.78, 5) is 0. The number of phenolic OH excluding ortho intramolecular Hbond substituents is 1. The SMILES string of the molecule is C1CO1.CCCCCCCCCc1c(O)cccc1CCCCCCCC. The lowest BCUT2D eigenvalue weighted by Crippen LogP contribution is -1.96. The molecule has 0 atom stereocenters. The number of ether oxygens (including phenoxy) is 1. The second-order valence-electron chi connectivity index (χ2n) is 7.92. The minimum atomic E-state index is 0.518. The van der Waals surface area contributed by atoms with Crippen molar-refractivity contribution >= 4 is 0 Å². The molecule has 0 saturated carbocycles. The Morgan fingerprint density at radius 1 is 0.704 bits per heavy atom. The van der Waals surface area contributed by atoms with Gasteiger partial charge in [0.25, 0.3) is 0 Å². The van der Waals surface area contributed by atoms with Gasteiger partial charge < -0.3 is 9.84 Å². The van der Waals surface area contributed by atoms with Crippen molar-refractivity contribution in [2.45, 2.75) is 110 Å². The molecule has 1 saturated heterocycles. The third-order valence-electron chi connectivity index (χ3n) is 5.28. The van der Waals surface area contributed by atoms with Crippen molar-refractivity contribution in [2.24, 2.45) is 0 Å². The fourth-order valence-electron chi connectivity index (χ4n) is 3.50. The number of aryl methyl sites for hydroxylation is 1. The number of hydrogen-bond donors (Lipinski definition) is 1. The maximum Gasteiger partial charge on any atom is 0.119 e. The molecule has 1 aliphatic heterocycles. The quantitative estimate of drug-likeness (QED) is 0.252. The van der Waals surface area contributed by atoms with Crippen LogP contribution in [0.15, 0.2) is 18.2 Å². The highest BCUT2D eigenvalue weighted by molar-refractivity contribution is 5.39. The molecule has 0 aromatic heterocycles. The molecule has 0 spiro atoms. The zero-order chi connectivity index (χ0) is 19.6. The first-order valence-corrected chi connectivity index (χ1v) is 11.7. The van der Waals surface area contributed by atoms with E-state index in [1.807, 2.05) is 12.1 Å². The molecule has 1 aromatic rings. The van der Waals surface area contributed by atoms with Gasteiger partial charge in [0.1, 0.15) is 5.75 Å². The summed E-state index contributed by atoms with van der Waals surface area (Å²) in [6.07, 6.45) is 19.5. The summed E-state index contributed by atoms with van der Waals surface area (Å²) in [5.41, 5.74) is 2.61. The highest BCUT2D eigenvalue weighted by atomic mass is 16.6. The van der Waals surface area contributed by atoms with Crippen LogP contribution in [0.25, 0.3) is 0 Å². The molecule has 2 rings (SSSR count). The average Bonchev–Trinajstić information content (AvgIpc) is 3.55. The highest BCUT2D eigenvalue weighted by Gasteiger charge is 2.07. The largest absolute Gasteiger partial charge is 0.508 e. The van der Waals surface area contributed by atoms with Crippen LogP contribution < -0.4 is 0 Å². The lowest BCUT2D eigenvalue weighted by Gasteiger charge is -2.12. The Kier molecular flexibility index (Phi) is 15.2. The van der Waals surface area contributed by atoms with E-state index in [1.165, 1.54) is 94.6 Å². The van der Waals surface area contributed by atoms with Gasteiger partial charge in [0, 0.05) is 0 Å². The van der Waals surface area contributed by atoms with Crippen LogP contribution >= 0.6 is 0 Å². The second-order valence-corrected chi connectivity index (χ2v) is 7.92. The van der Waals surface area contributed by atoms with Crippen molar-refractivity contribution in [3.05, 3.63) is 29.3 Å². The molecule has 1 fully saturated rings. The van der Waals surface area contributed by atoms with Gasteiger partial charge in [0.05, 0.1) is 13.2 Å². The van der Waals surface area contributed by atoms with Gasteiger partial charge in [-0.1, -0.05) is 96.6 Å². The lowest BCUT2D eigenvalue weighted by molar-refractivity contribution is 0.464. The smallest absolute Gasteiger partial charge is 0.119 e. The summed E-state index contributed by atoms with van der Waals surface area (Å²) in [7, 11) is 0. The molecule has 27 heavy (non-hydrogen) atoms. The van der Waals surface area contributed by atoms with Crippen LogP contribution in [0.2, 0.25) is 0 Å². The molecule has 0 amide bonds. The van der Waals surface area contributed by atoms with E-state index in [4.69, 9.17) is 0 Å². The van der Waals surface area contributed by atoms with E-state index in [9.17, 15) is 5.11 Å². The van der Waals surface area contributed by atoms with Crippen molar-refractivity contribution in [3.8, 4) is 5.75 Å². The summed E-state index contributed by atoms with van der Waals surface area (Å²) >= 11 is 0. The van der Waals surface area contributed by atoms with Gasteiger partial charge in [-0.2, -0.15) is 0 Å². The van der Waals surface area contributed by atoms with E-state index < -0.39 is 0 Å². The average molecular weight is 377 g/mol. The fourth-order valence-corrected chi connectivity index (χ4v) is 3.50. The first-order valence-electron chi connectivity index (χ1n) is 11.7. The number of epoxide rings is 1. The lowest BCUT2D eigenvalue weighted by atomic mass is 9.95.